The molecule has 1 aromatic rings. The summed E-state index contributed by atoms with van der Waals surface area (Å²) in [6.07, 6.45) is 0. The topological polar surface area (TPSA) is 71.0 Å². The molecule has 1 rings (SSSR count). The van der Waals surface area contributed by atoms with E-state index in [-0.39, 0.29) is 17.2 Å². The van der Waals surface area contributed by atoms with Gasteiger partial charge in [-0.3, -0.25) is 4.79 Å². The molecule has 0 unspecified atom stereocenters. The normalized spacial score (nSPS) is 10.6. The number of aromatic hydroxyl groups is 1. The number of methoxy groups -OCH3 is 2. The summed E-state index contributed by atoms with van der Waals surface area (Å²) >= 11 is 0. The number of phenolic OH excluding ortho intramolecular Hbond substituents is 1. The number of benzene rings is 1. The molecule has 6 heteroatoms. The Morgan fingerprint density at radius 1 is 1.35 bits per heavy atom. The maximum atomic E-state index is 11.9. The number of nitrogens with zero attached hydrogens (tertiary/aromatic N) is 1. The highest BCUT2D eigenvalue weighted by Gasteiger charge is 2.11. The molecule has 20 heavy (non-hydrogen) atoms. The molecule has 1 aromatic carbocycles. The minimum Gasteiger partial charge on any atom is -0.507 e. The lowest BCUT2D eigenvalue weighted by Gasteiger charge is -2.16. The summed E-state index contributed by atoms with van der Waals surface area (Å²) in [5.74, 6) is 0.123. The van der Waals surface area contributed by atoms with Crippen molar-refractivity contribution in [1.82, 2.24) is 10.2 Å². The van der Waals surface area contributed by atoms with Crippen LogP contribution in [0.25, 0.3) is 0 Å². The summed E-state index contributed by atoms with van der Waals surface area (Å²) in [6, 6.07) is 4.59. The van der Waals surface area contributed by atoms with Crippen molar-refractivity contribution in [3.05, 3.63) is 23.8 Å². The smallest absolute Gasteiger partial charge is 0.255 e. The minimum absolute atomic E-state index is 0.0883. The van der Waals surface area contributed by atoms with Crippen LogP contribution in [0.2, 0.25) is 0 Å². The lowest BCUT2D eigenvalue weighted by atomic mass is 10.2. The molecule has 2 N–H and O–H groups in total. The largest absolute Gasteiger partial charge is 0.507 e. The van der Waals surface area contributed by atoms with E-state index in [9.17, 15) is 9.90 Å². The Morgan fingerprint density at radius 2 is 2.10 bits per heavy atom. The Kier molecular flexibility index (Phi) is 6.83. The number of hydrogen-bond acceptors (Lipinski definition) is 5. The van der Waals surface area contributed by atoms with Crippen LogP contribution in [0, 0.1) is 0 Å². The molecule has 1 amide bonds. The molecule has 0 saturated heterocycles. The quantitative estimate of drug-likeness (QED) is 0.735. The highest BCUT2D eigenvalue weighted by atomic mass is 16.5. The van der Waals surface area contributed by atoms with Gasteiger partial charge in [0, 0.05) is 32.8 Å². The van der Waals surface area contributed by atoms with Gasteiger partial charge in [0.1, 0.15) is 11.5 Å². The predicted octanol–water partition coefficient (Wildman–Crippen LogP) is 0.709. The van der Waals surface area contributed by atoms with Crippen LogP contribution in [0.5, 0.6) is 11.5 Å². The van der Waals surface area contributed by atoms with Gasteiger partial charge in [-0.2, -0.15) is 0 Å². The van der Waals surface area contributed by atoms with E-state index in [2.05, 4.69) is 10.2 Å². The zero-order valence-electron chi connectivity index (χ0n) is 12.2. The fraction of sp³-hybridized carbons (Fsp3) is 0.500. The summed E-state index contributed by atoms with van der Waals surface area (Å²) < 4.78 is 9.94. The van der Waals surface area contributed by atoms with Gasteiger partial charge in [0.25, 0.3) is 5.91 Å². The second-order valence-electron chi connectivity index (χ2n) is 4.44. The molecule has 0 aliphatic carbocycles. The van der Waals surface area contributed by atoms with Crippen LogP contribution in [0.3, 0.4) is 0 Å². The van der Waals surface area contributed by atoms with Gasteiger partial charge >= 0.3 is 0 Å². The van der Waals surface area contributed by atoms with Crippen molar-refractivity contribution in [2.24, 2.45) is 0 Å². The summed E-state index contributed by atoms with van der Waals surface area (Å²) in [5, 5.41) is 12.5. The second-order valence-corrected chi connectivity index (χ2v) is 4.44. The number of nitrogens with one attached hydrogen (secondary N) is 1. The summed E-state index contributed by atoms with van der Waals surface area (Å²) in [6.45, 7) is 2.68. The van der Waals surface area contributed by atoms with Crippen molar-refractivity contribution < 1.29 is 19.4 Å². The van der Waals surface area contributed by atoms with E-state index in [1.165, 1.54) is 19.2 Å². The molecule has 0 atom stereocenters. The first kappa shape index (κ1) is 16.3. The standard InChI is InChI=1S/C14H22N2O4/c1-16(8-9-19-2)7-6-15-14(18)12-5-4-11(20-3)10-13(12)17/h4-5,10,17H,6-9H2,1-3H3,(H,15,18). The Hall–Kier alpha value is -1.79. The van der Waals surface area contributed by atoms with Crippen molar-refractivity contribution in [3.8, 4) is 11.5 Å². The number of rotatable bonds is 8. The number of carbonyl (C=O) groups excluding carboxylic acids is 1. The van der Waals surface area contributed by atoms with Crippen LogP contribution in [-0.2, 0) is 4.74 Å². The first-order valence-corrected chi connectivity index (χ1v) is 6.41. The molecule has 112 valence electrons. The number of amides is 1. The van der Waals surface area contributed by atoms with Gasteiger partial charge in [0.2, 0.25) is 0 Å². The molecule has 0 fully saturated rings. The fourth-order valence-corrected chi connectivity index (χ4v) is 1.64. The van der Waals surface area contributed by atoms with E-state index < -0.39 is 0 Å². The van der Waals surface area contributed by atoms with Gasteiger partial charge in [-0.15, -0.1) is 0 Å². The van der Waals surface area contributed by atoms with Gasteiger partial charge in [-0.25, -0.2) is 0 Å². The third kappa shape index (κ3) is 5.07. The number of phenols is 1. The van der Waals surface area contributed by atoms with Gasteiger partial charge in [-0.1, -0.05) is 0 Å². The van der Waals surface area contributed by atoms with Crippen LogP contribution in [0.1, 0.15) is 10.4 Å². The van der Waals surface area contributed by atoms with Crippen molar-refractivity contribution in [2.75, 3.05) is 47.5 Å². The SMILES string of the molecule is COCCN(C)CCNC(=O)c1ccc(OC)cc1O. The van der Waals surface area contributed by atoms with E-state index >= 15 is 0 Å². The maximum Gasteiger partial charge on any atom is 0.255 e. The van der Waals surface area contributed by atoms with Crippen molar-refractivity contribution in [1.29, 1.82) is 0 Å². The average Bonchev–Trinajstić information content (AvgIpc) is 2.44. The summed E-state index contributed by atoms with van der Waals surface area (Å²) in [7, 11) is 5.11. The van der Waals surface area contributed by atoms with Crippen LogP contribution in [0.15, 0.2) is 18.2 Å². The van der Waals surface area contributed by atoms with Crippen molar-refractivity contribution >= 4 is 5.91 Å². The van der Waals surface area contributed by atoms with Crippen LogP contribution in [0.4, 0.5) is 0 Å². The van der Waals surface area contributed by atoms with E-state index in [4.69, 9.17) is 9.47 Å². The Morgan fingerprint density at radius 3 is 2.70 bits per heavy atom. The van der Waals surface area contributed by atoms with Crippen LogP contribution >= 0.6 is 0 Å². The lowest BCUT2D eigenvalue weighted by molar-refractivity contribution is 0.0945. The van der Waals surface area contributed by atoms with Crippen molar-refractivity contribution in [3.63, 3.8) is 0 Å². The fourth-order valence-electron chi connectivity index (χ4n) is 1.64. The lowest BCUT2D eigenvalue weighted by Crippen LogP contribution is -2.34. The van der Waals surface area contributed by atoms with Crippen LogP contribution < -0.4 is 10.1 Å². The number of hydrogen-bond donors (Lipinski definition) is 2. The molecular formula is C14H22N2O4. The average molecular weight is 282 g/mol. The maximum absolute atomic E-state index is 11.9. The van der Waals surface area contributed by atoms with E-state index in [1.54, 1.807) is 13.2 Å². The van der Waals surface area contributed by atoms with Crippen molar-refractivity contribution in [2.45, 2.75) is 0 Å². The van der Waals surface area contributed by atoms with Gasteiger partial charge in [0.05, 0.1) is 19.3 Å². The molecule has 0 aliphatic heterocycles. The predicted molar refractivity (Wildman–Crippen MR) is 76.4 cm³/mol. The van der Waals surface area contributed by atoms with E-state index in [0.717, 1.165) is 6.54 Å². The zero-order chi connectivity index (χ0) is 15.0. The molecule has 0 heterocycles. The summed E-state index contributed by atoms with van der Waals surface area (Å²) in [5.41, 5.74) is 0.241. The Balaban J connectivity index is 2.43. The van der Waals surface area contributed by atoms with E-state index in [0.29, 0.717) is 25.4 Å². The molecule has 0 saturated carbocycles. The summed E-state index contributed by atoms with van der Waals surface area (Å²) in [4.78, 5) is 14.0. The van der Waals surface area contributed by atoms with Gasteiger partial charge < -0.3 is 24.8 Å². The molecule has 0 bridgehead atoms. The number of likely N-dealkylation sites (N-methyl/N-ethyl adjacent to an activating group) is 1. The monoisotopic (exact) mass is 282 g/mol. The third-order valence-electron chi connectivity index (χ3n) is 2.91. The highest BCUT2D eigenvalue weighted by Crippen LogP contribution is 2.22. The molecular weight excluding hydrogens is 260 g/mol. The van der Waals surface area contributed by atoms with Crippen LogP contribution in [-0.4, -0.2) is 63.4 Å². The molecule has 0 radical (unpaired) electrons. The number of carbonyl (C=O) groups is 1. The molecule has 6 nitrogen and oxygen atoms in total. The van der Waals surface area contributed by atoms with Gasteiger partial charge in [0.15, 0.2) is 0 Å². The molecule has 0 aliphatic rings. The highest BCUT2D eigenvalue weighted by molar-refractivity contribution is 5.96. The third-order valence-corrected chi connectivity index (χ3v) is 2.91. The molecule has 0 spiro atoms. The Bertz CT molecular complexity index is 437. The zero-order valence-corrected chi connectivity index (χ0v) is 12.2. The van der Waals surface area contributed by atoms with E-state index in [1.807, 2.05) is 7.05 Å². The first-order chi connectivity index (χ1) is 9.58. The minimum atomic E-state index is -0.301. The second kappa shape index (κ2) is 8.39. The first-order valence-electron chi connectivity index (χ1n) is 6.41. The number of ether oxygens (including phenoxy) is 2. The van der Waals surface area contributed by atoms with Gasteiger partial charge in [-0.05, 0) is 19.2 Å². The molecule has 0 aromatic heterocycles. The Labute approximate surface area is 119 Å².